The first-order valence-electron chi connectivity index (χ1n) is 5.74. The lowest BCUT2D eigenvalue weighted by atomic mass is 10.0. The van der Waals surface area contributed by atoms with Crippen LogP contribution in [0.2, 0.25) is 5.02 Å². The summed E-state index contributed by atoms with van der Waals surface area (Å²) >= 11 is 8.76. The summed E-state index contributed by atoms with van der Waals surface area (Å²) in [5.74, 6) is -1.59. The first-order chi connectivity index (χ1) is 8.84. The van der Waals surface area contributed by atoms with E-state index >= 15 is 0 Å². The quantitative estimate of drug-likeness (QED) is 0.593. The van der Waals surface area contributed by atoms with Crippen LogP contribution in [0.25, 0.3) is 0 Å². The van der Waals surface area contributed by atoms with Gasteiger partial charge in [-0.2, -0.15) is 0 Å². The fourth-order valence-electron chi connectivity index (χ4n) is 2.14. The first kappa shape index (κ1) is 14.9. The minimum Gasteiger partial charge on any atom is -0.293 e. The predicted molar refractivity (Wildman–Crippen MR) is 74.9 cm³/mol. The Hall–Kier alpha value is -0.460. The van der Waals surface area contributed by atoms with Crippen molar-refractivity contribution in [2.45, 2.75) is 24.5 Å². The molecule has 0 N–H and O–H groups in total. The molecule has 1 aromatic rings. The summed E-state index contributed by atoms with van der Waals surface area (Å²) < 4.78 is 38.0. The van der Waals surface area contributed by atoms with Crippen LogP contribution in [0.3, 0.4) is 0 Å². The van der Waals surface area contributed by atoms with Gasteiger partial charge in [0, 0.05) is 4.47 Å². The summed E-state index contributed by atoms with van der Waals surface area (Å²) in [6.07, 6.45) is 1.45. The van der Waals surface area contributed by atoms with Crippen molar-refractivity contribution in [2.24, 2.45) is 0 Å². The van der Waals surface area contributed by atoms with Gasteiger partial charge in [-0.1, -0.05) is 18.0 Å². The van der Waals surface area contributed by atoms with Gasteiger partial charge in [-0.05, 0) is 40.9 Å². The number of rotatable bonds is 2. The van der Waals surface area contributed by atoms with Gasteiger partial charge in [0.2, 0.25) is 0 Å². The highest BCUT2D eigenvalue weighted by Gasteiger charge is 2.36. The third-order valence-corrected chi connectivity index (χ3v) is 6.60. The summed E-state index contributed by atoms with van der Waals surface area (Å²) in [6.45, 7) is 0. The number of ketones is 1. The lowest BCUT2D eigenvalue weighted by molar-refractivity contribution is 0.0977. The van der Waals surface area contributed by atoms with E-state index in [-0.39, 0.29) is 22.8 Å². The van der Waals surface area contributed by atoms with Crippen molar-refractivity contribution in [2.75, 3.05) is 5.75 Å². The van der Waals surface area contributed by atoms with Crippen molar-refractivity contribution in [3.05, 3.63) is 33.0 Å². The second-order valence-corrected chi connectivity index (χ2v) is 7.97. The maximum Gasteiger partial charge on any atom is 0.183 e. The maximum absolute atomic E-state index is 13.9. The Morgan fingerprint density at radius 2 is 2.05 bits per heavy atom. The van der Waals surface area contributed by atoms with Crippen LogP contribution in [0.4, 0.5) is 4.39 Å². The van der Waals surface area contributed by atoms with Crippen LogP contribution >= 0.6 is 27.5 Å². The van der Waals surface area contributed by atoms with Gasteiger partial charge in [0.05, 0.1) is 16.3 Å². The average Bonchev–Trinajstić information content (AvgIpc) is 2.35. The van der Waals surface area contributed by atoms with E-state index in [0.29, 0.717) is 17.3 Å². The van der Waals surface area contributed by atoms with Crippen LogP contribution in [0.15, 0.2) is 16.6 Å². The van der Waals surface area contributed by atoms with Crippen LogP contribution in [-0.4, -0.2) is 25.2 Å². The Bertz CT molecular complexity index is 630. The molecule has 0 aliphatic carbocycles. The molecular weight excluding hydrogens is 359 g/mol. The highest BCUT2D eigenvalue weighted by molar-refractivity contribution is 9.10. The van der Waals surface area contributed by atoms with Crippen molar-refractivity contribution < 1.29 is 17.6 Å². The largest absolute Gasteiger partial charge is 0.293 e. The van der Waals surface area contributed by atoms with E-state index in [4.69, 9.17) is 11.6 Å². The van der Waals surface area contributed by atoms with Crippen LogP contribution < -0.4 is 0 Å². The number of carbonyl (C=O) groups is 1. The standard InChI is InChI=1S/C12H11BrClFO3S/c13-8-5-4-7(11(15)10(8)14)12(16)9-3-1-2-6-19(9,17)18/h4-5,9H,1-3,6H2. The normalized spacial score (nSPS) is 22.2. The van der Waals surface area contributed by atoms with Crippen LogP contribution in [0.5, 0.6) is 0 Å². The topological polar surface area (TPSA) is 51.2 Å². The Morgan fingerprint density at radius 3 is 2.68 bits per heavy atom. The molecule has 1 aliphatic rings. The summed E-state index contributed by atoms with van der Waals surface area (Å²) in [5, 5.41) is -1.35. The fourth-order valence-corrected chi connectivity index (χ4v) is 4.48. The van der Waals surface area contributed by atoms with Gasteiger partial charge >= 0.3 is 0 Å². The molecule has 1 saturated heterocycles. The monoisotopic (exact) mass is 368 g/mol. The van der Waals surface area contributed by atoms with E-state index in [1.807, 2.05) is 0 Å². The molecule has 1 fully saturated rings. The van der Waals surface area contributed by atoms with Crippen molar-refractivity contribution >= 4 is 43.2 Å². The van der Waals surface area contributed by atoms with Gasteiger partial charge < -0.3 is 0 Å². The summed E-state index contributed by atoms with van der Waals surface area (Å²) in [4.78, 5) is 12.2. The molecule has 0 saturated carbocycles. The zero-order valence-corrected chi connectivity index (χ0v) is 13.0. The lowest BCUT2D eigenvalue weighted by Gasteiger charge is -2.21. The van der Waals surface area contributed by atoms with Crippen LogP contribution in [0, 0.1) is 5.82 Å². The number of halogens is 3. The third-order valence-electron chi connectivity index (χ3n) is 3.17. The third kappa shape index (κ3) is 2.85. The van der Waals surface area contributed by atoms with Crippen molar-refractivity contribution in [1.82, 2.24) is 0 Å². The Balaban J connectivity index is 2.42. The molecule has 0 bridgehead atoms. The average molecular weight is 370 g/mol. The minimum atomic E-state index is -3.48. The molecule has 3 nitrogen and oxygen atoms in total. The minimum absolute atomic E-state index is 0.0186. The molecule has 19 heavy (non-hydrogen) atoms. The number of benzene rings is 1. The van der Waals surface area contributed by atoms with Crippen LogP contribution in [0.1, 0.15) is 29.6 Å². The Labute approximate surface area is 124 Å². The van der Waals surface area contributed by atoms with Gasteiger partial charge in [0.1, 0.15) is 5.25 Å². The van der Waals surface area contributed by atoms with E-state index in [1.165, 1.54) is 12.1 Å². The number of carbonyl (C=O) groups excluding carboxylic acids is 1. The van der Waals surface area contributed by atoms with Gasteiger partial charge in [-0.3, -0.25) is 4.79 Å². The molecule has 1 aliphatic heterocycles. The molecule has 1 unspecified atom stereocenters. The Kier molecular flexibility index (Phi) is 4.32. The predicted octanol–water partition coefficient (Wildman–Crippen LogP) is 3.39. The molecule has 0 amide bonds. The lowest BCUT2D eigenvalue weighted by Crippen LogP contribution is -2.35. The number of hydrogen-bond donors (Lipinski definition) is 0. The zero-order chi connectivity index (χ0) is 14.2. The van der Waals surface area contributed by atoms with Gasteiger partial charge in [-0.25, -0.2) is 12.8 Å². The zero-order valence-electron chi connectivity index (χ0n) is 9.83. The Morgan fingerprint density at radius 1 is 1.37 bits per heavy atom. The van der Waals surface area contributed by atoms with Gasteiger partial charge in [0.25, 0.3) is 0 Å². The SMILES string of the molecule is O=C(c1ccc(Br)c(Cl)c1F)C1CCCCS1(=O)=O. The number of sulfone groups is 1. The maximum atomic E-state index is 13.9. The molecule has 2 rings (SSSR count). The molecule has 0 radical (unpaired) electrons. The molecule has 7 heteroatoms. The van der Waals surface area contributed by atoms with E-state index < -0.39 is 26.7 Å². The van der Waals surface area contributed by atoms with E-state index in [1.54, 1.807) is 0 Å². The fraction of sp³-hybridized carbons (Fsp3) is 0.417. The highest BCUT2D eigenvalue weighted by Crippen LogP contribution is 2.30. The molecular formula is C12H11BrClFO3S. The van der Waals surface area contributed by atoms with Gasteiger partial charge in [-0.15, -0.1) is 0 Å². The molecule has 1 atom stereocenters. The number of hydrogen-bond acceptors (Lipinski definition) is 3. The van der Waals surface area contributed by atoms with E-state index in [0.717, 1.165) is 0 Å². The molecule has 1 heterocycles. The molecule has 0 aromatic heterocycles. The summed E-state index contributed by atoms with van der Waals surface area (Å²) in [7, 11) is -3.48. The molecule has 1 aromatic carbocycles. The van der Waals surface area contributed by atoms with E-state index in [9.17, 15) is 17.6 Å². The second kappa shape index (κ2) is 5.50. The van der Waals surface area contributed by atoms with Crippen molar-refractivity contribution in [1.29, 1.82) is 0 Å². The first-order valence-corrected chi connectivity index (χ1v) is 8.62. The van der Waals surface area contributed by atoms with Gasteiger partial charge in [0.15, 0.2) is 21.4 Å². The molecule has 104 valence electrons. The smallest absolute Gasteiger partial charge is 0.183 e. The second-order valence-electron chi connectivity index (χ2n) is 4.44. The highest BCUT2D eigenvalue weighted by atomic mass is 79.9. The molecule has 0 spiro atoms. The number of Topliss-reactive ketones (excluding diaryl/α,β-unsaturated/α-hetero) is 1. The van der Waals surface area contributed by atoms with Crippen molar-refractivity contribution in [3.8, 4) is 0 Å². The summed E-state index contributed by atoms with van der Waals surface area (Å²) in [5.41, 5.74) is -0.260. The van der Waals surface area contributed by atoms with Crippen LogP contribution in [-0.2, 0) is 9.84 Å². The van der Waals surface area contributed by atoms with Crippen molar-refractivity contribution in [3.63, 3.8) is 0 Å². The summed E-state index contributed by atoms with van der Waals surface area (Å²) in [6, 6.07) is 2.70. The van der Waals surface area contributed by atoms with E-state index in [2.05, 4.69) is 15.9 Å².